The lowest BCUT2D eigenvalue weighted by Gasteiger charge is -2.08. The summed E-state index contributed by atoms with van der Waals surface area (Å²) in [4.78, 5) is 0. The Hall–Kier alpha value is -0.640. The second kappa shape index (κ2) is 6.05. The monoisotopic (exact) mass is 231 g/mol. The Labute approximate surface area is 94.4 Å². The molecule has 1 N–H and O–H groups in total. The minimum Gasteiger partial charge on any atom is -0.380 e. The first-order valence-corrected chi connectivity index (χ1v) is 5.17. The van der Waals surface area contributed by atoms with E-state index in [1.807, 2.05) is 7.05 Å². The normalized spacial score (nSPS) is 10.7. The number of ether oxygens (including phenoxy) is 1. The average molecular weight is 232 g/mol. The van der Waals surface area contributed by atoms with Gasteiger partial charge in [-0.05, 0) is 37.2 Å². The Bertz CT molecular complexity index is 331. The Morgan fingerprint density at radius 2 is 2.20 bits per heavy atom. The van der Waals surface area contributed by atoms with Gasteiger partial charge >= 0.3 is 0 Å². The molecule has 2 nitrogen and oxygen atoms in total. The van der Waals surface area contributed by atoms with Crippen molar-refractivity contribution in [1.82, 2.24) is 5.32 Å². The maximum Gasteiger partial charge on any atom is 0.145 e. The summed E-state index contributed by atoms with van der Waals surface area (Å²) in [6, 6.07) is 3.39. The van der Waals surface area contributed by atoms with Crippen LogP contribution in [0.5, 0.6) is 0 Å². The first-order valence-electron chi connectivity index (χ1n) is 4.79. The van der Waals surface area contributed by atoms with E-state index in [1.165, 1.54) is 0 Å². The van der Waals surface area contributed by atoms with Crippen molar-refractivity contribution in [3.8, 4) is 0 Å². The zero-order chi connectivity index (χ0) is 11.3. The van der Waals surface area contributed by atoms with E-state index in [1.54, 1.807) is 19.2 Å². The lowest BCUT2D eigenvalue weighted by Crippen LogP contribution is -2.11. The van der Waals surface area contributed by atoms with Gasteiger partial charge in [0.25, 0.3) is 0 Å². The van der Waals surface area contributed by atoms with E-state index in [2.05, 4.69) is 5.32 Å². The average Bonchev–Trinajstić information content (AvgIpc) is 2.21. The number of halogens is 2. The fourth-order valence-corrected chi connectivity index (χ4v) is 1.66. The smallest absolute Gasteiger partial charge is 0.145 e. The van der Waals surface area contributed by atoms with Crippen molar-refractivity contribution in [2.75, 3.05) is 20.7 Å². The molecule has 0 spiro atoms. The van der Waals surface area contributed by atoms with E-state index in [0.29, 0.717) is 18.6 Å². The van der Waals surface area contributed by atoms with Gasteiger partial charge in [-0.25, -0.2) is 4.39 Å². The van der Waals surface area contributed by atoms with Crippen LogP contribution in [0, 0.1) is 5.82 Å². The summed E-state index contributed by atoms with van der Waals surface area (Å²) < 4.78 is 18.5. The fraction of sp³-hybridized carbons (Fsp3) is 0.455. The number of hydrogen-bond donors (Lipinski definition) is 1. The predicted octanol–water partition coefficient (Wildman–Crippen LogP) is 2.39. The highest BCUT2D eigenvalue weighted by Gasteiger charge is 2.08. The van der Waals surface area contributed by atoms with Crippen LogP contribution in [0.1, 0.15) is 11.1 Å². The number of nitrogens with one attached hydrogen (secondary N) is 1. The molecular formula is C11H15ClFNO. The highest BCUT2D eigenvalue weighted by molar-refractivity contribution is 6.30. The summed E-state index contributed by atoms with van der Waals surface area (Å²) in [7, 11) is 3.43. The van der Waals surface area contributed by atoms with Gasteiger partial charge in [0, 0.05) is 7.11 Å². The quantitative estimate of drug-likeness (QED) is 0.840. The first-order chi connectivity index (χ1) is 7.19. The Kier molecular flexibility index (Phi) is 5.02. The molecule has 0 amide bonds. The SMILES string of the molecule is CNCCc1cc(COC)cc(Cl)c1F. The maximum atomic E-state index is 13.5. The lowest BCUT2D eigenvalue weighted by atomic mass is 10.1. The molecule has 0 radical (unpaired) electrons. The van der Waals surface area contributed by atoms with Crippen LogP contribution in [-0.4, -0.2) is 20.7 Å². The van der Waals surface area contributed by atoms with E-state index in [9.17, 15) is 4.39 Å². The van der Waals surface area contributed by atoms with E-state index >= 15 is 0 Å². The molecule has 0 fully saturated rings. The minimum absolute atomic E-state index is 0.163. The van der Waals surface area contributed by atoms with Crippen molar-refractivity contribution >= 4 is 11.6 Å². The molecule has 0 aliphatic carbocycles. The second-order valence-electron chi connectivity index (χ2n) is 3.34. The van der Waals surface area contributed by atoms with Gasteiger partial charge in [0.2, 0.25) is 0 Å². The van der Waals surface area contributed by atoms with Crippen LogP contribution in [0.25, 0.3) is 0 Å². The first kappa shape index (κ1) is 12.4. The van der Waals surface area contributed by atoms with E-state index in [4.69, 9.17) is 16.3 Å². The van der Waals surface area contributed by atoms with E-state index in [0.717, 1.165) is 12.1 Å². The second-order valence-corrected chi connectivity index (χ2v) is 3.74. The summed E-state index contributed by atoms with van der Waals surface area (Å²) in [6.07, 6.45) is 0.625. The Morgan fingerprint density at radius 3 is 2.80 bits per heavy atom. The van der Waals surface area contributed by atoms with Crippen molar-refractivity contribution in [3.05, 3.63) is 34.1 Å². The van der Waals surface area contributed by atoms with Gasteiger partial charge in [0.1, 0.15) is 5.82 Å². The molecule has 1 aromatic rings. The number of methoxy groups -OCH3 is 1. The Morgan fingerprint density at radius 1 is 1.47 bits per heavy atom. The molecule has 1 aromatic carbocycles. The molecule has 0 heterocycles. The number of hydrogen-bond acceptors (Lipinski definition) is 2. The molecule has 0 unspecified atom stereocenters. The zero-order valence-corrected chi connectivity index (χ0v) is 9.70. The molecule has 0 bridgehead atoms. The molecule has 84 valence electrons. The van der Waals surface area contributed by atoms with Crippen LogP contribution >= 0.6 is 11.6 Å². The standard InChI is InChI=1S/C11H15ClFNO/c1-14-4-3-9-5-8(7-15-2)6-10(12)11(9)13/h5-6,14H,3-4,7H2,1-2H3. The molecule has 15 heavy (non-hydrogen) atoms. The van der Waals surface area contributed by atoms with Crippen molar-refractivity contribution in [2.45, 2.75) is 13.0 Å². The maximum absolute atomic E-state index is 13.5. The summed E-state index contributed by atoms with van der Waals surface area (Å²) in [6.45, 7) is 1.18. The van der Waals surface area contributed by atoms with Crippen LogP contribution in [0.2, 0.25) is 5.02 Å². The van der Waals surface area contributed by atoms with E-state index < -0.39 is 0 Å². The topological polar surface area (TPSA) is 21.3 Å². The molecule has 0 aliphatic rings. The fourth-order valence-electron chi connectivity index (χ4n) is 1.40. The molecule has 0 saturated carbocycles. The zero-order valence-electron chi connectivity index (χ0n) is 8.94. The number of likely N-dealkylation sites (N-methyl/N-ethyl adjacent to an activating group) is 1. The third-order valence-electron chi connectivity index (χ3n) is 2.12. The van der Waals surface area contributed by atoms with E-state index in [-0.39, 0.29) is 10.8 Å². The predicted molar refractivity (Wildman–Crippen MR) is 59.8 cm³/mol. The van der Waals surface area contributed by atoms with Crippen molar-refractivity contribution in [3.63, 3.8) is 0 Å². The van der Waals surface area contributed by atoms with Gasteiger partial charge in [-0.15, -0.1) is 0 Å². The third-order valence-corrected chi connectivity index (χ3v) is 2.39. The summed E-state index contributed by atoms with van der Waals surface area (Å²) in [5.74, 6) is -0.327. The van der Waals surface area contributed by atoms with Crippen molar-refractivity contribution < 1.29 is 9.13 Å². The lowest BCUT2D eigenvalue weighted by molar-refractivity contribution is 0.184. The summed E-state index contributed by atoms with van der Waals surface area (Å²) in [5, 5.41) is 3.14. The van der Waals surface area contributed by atoms with Gasteiger partial charge in [-0.1, -0.05) is 17.7 Å². The largest absolute Gasteiger partial charge is 0.380 e. The molecule has 0 atom stereocenters. The van der Waals surface area contributed by atoms with Crippen molar-refractivity contribution in [1.29, 1.82) is 0 Å². The molecule has 0 aromatic heterocycles. The van der Waals surface area contributed by atoms with Crippen LogP contribution < -0.4 is 5.32 Å². The Balaban J connectivity index is 2.91. The molecule has 0 aliphatic heterocycles. The number of benzene rings is 1. The van der Waals surface area contributed by atoms with Crippen LogP contribution in [0.3, 0.4) is 0 Å². The van der Waals surface area contributed by atoms with Gasteiger partial charge in [0.15, 0.2) is 0 Å². The van der Waals surface area contributed by atoms with Gasteiger partial charge in [-0.2, -0.15) is 0 Å². The van der Waals surface area contributed by atoms with Crippen LogP contribution in [0.4, 0.5) is 4.39 Å². The van der Waals surface area contributed by atoms with Crippen LogP contribution in [-0.2, 0) is 17.8 Å². The summed E-state index contributed by atoms with van der Waals surface area (Å²) in [5.41, 5.74) is 1.53. The highest BCUT2D eigenvalue weighted by atomic mass is 35.5. The van der Waals surface area contributed by atoms with Crippen molar-refractivity contribution in [2.24, 2.45) is 0 Å². The van der Waals surface area contributed by atoms with Crippen LogP contribution in [0.15, 0.2) is 12.1 Å². The summed E-state index contributed by atoms with van der Waals surface area (Å²) >= 11 is 5.78. The van der Waals surface area contributed by atoms with Gasteiger partial charge in [0.05, 0.1) is 11.6 Å². The highest BCUT2D eigenvalue weighted by Crippen LogP contribution is 2.21. The minimum atomic E-state index is -0.327. The molecule has 0 saturated heterocycles. The molecular weight excluding hydrogens is 217 g/mol. The molecule has 1 rings (SSSR count). The molecule has 4 heteroatoms. The van der Waals surface area contributed by atoms with Gasteiger partial charge < -0.3 is 10.1 Å². The number of rotatable bonds is 5. The van der Waals surface area contributed by atoms with Gasteiger partial charge in [-0.3, -0.25) is 0 Å². The third kappa shape index (κ3) is 3.45.